The van der Waals surface area contributed by atoms with Crippen LogP contribution >= 0.6 is 0 Å². The molecule has 0 saturated carbocycles. The molecule has 0 aliphatic heterocycles. The van der Waals surface area contributed by atoms with E-state index in [0.717, 1.165) is 22.3 Å². The van der Waals surface area contributed by atoms with Gasteiger partial charge in [0.2, 0.25) is 0 Å². The predicted octanol–water partition coefficient (Wildman–Crippen LogP) is 5.13. The molecule has 3 heteroatoms. The number of benzene rings is 3. The maximum atomic E-state index is 13.2. The third-order valence-electron chi connectivity index (χ3n) is 3.88. The van der Waals surface area contributed by atoms with Crippen LogP contribution in [-0.4, -0.2) is 5.11 Å². The smallest absolute Gasteiger partial charge is 0.128 e. The fraction of sp³-hybridized carbons (Fsp3) is 0.143. The molecule has 0 aliphatic rings. The summed E-state index contributed by atoms with van der Waals surface area (Å²) in [5, 5.41) is 9.83. The number of hydrogen-bond donors (Lipinski definition) is 1. The minimum atomic E-state index is -0.577. The number of ether oxygens (including phenoxy) is 1. The van der Waals surface area contributed by atoms with E-state index in [0.29, 0.717) is 12.4 Å². The van der Waals surface area contributed by atoms with Gasteiger partial charge in [0.25, 0.3) is 0 Å². The van der Waals surface area contributed by atoms with Gasteiger partial charge in [0, 0.05) is 5.56 Å². The van der Waals surface area contributed by atoms with E-state index in [9.17, 15) is 9.50 Å². The zero-order valence-corrected chi connectivity index (χ0v) is 13.4. The molecule has 122 valence electrons. The van der Waals surface area contributed by atoms with Crippen molar-refractivity contribution in [1.29, 1.82) is 0 Å². The van der Waals surface area contributed by atoms with Gasteiger partial charge in [-0.3, -0.25) is 0 Å². The zero-order chi connectivity index (χ0) is 16.9. The number of hydrogen-bond acceptors (Lipinski definition) is 2. The molecule has 1 N–H and O–H groups in total. The minimum Gasteiger partial charge on any atom is -0.488 e. The summed E-state index contributed by atoms with van der Waals surface area (Å²) >= 11 is 0. The summed E-state index contributed by atoms with van der Waals surface area (Å²) in [6.07, 6.45) is -0.577. The molecule has 0 spiro atoms. The van der Waals surface area contributed by atoms with Crippen molar-refractivity contribution in [3.8, 4) is 16.9 Å². The van der Waals surface area contributed by atoms with Crippen molar-refractivity contribution in [3.05, 3.63) is 89.7 Å². The molecule has 24 heavy (non-hydrogen) atoms. The third-order valence-corrected chi connectivity index (χ3v) is 3.88. The third kappa shape index (κ3) is 3.81. The second kappa shape index (κ2) is 7.28. The van der Waals surface area contributed by atoms with Crippen molar-refractivity contribution in [2.75, 3.05) is 0 Å². The summed E-state index contributed by atoms with van der Waals surface area (Å²) in [7, 11) is 0. The average Bonchev–Trinajstić information content (AvgIpc) is 2.61. The Morgan fingerprint density at radius 3 is 2.33 bits per heavy atom. The van der Waals surface area contributed by atoms with E-state index in [2.05, 4.69) is 0 Å². The Kier molecular flexibility index (Phi) is 4.92. The zero-order valence-electron chi connectivity index (χ0n) is 13.4. The molecule has 3 aromatic rings. The molecule has 0 fully saturated rings. The number of halogens is 1. The van der Waals surface area contributed by atoms with Crippen LogP contribution in [0.3, 0.4) is 0 Å². The van der Waals surface area contributed by atoms with Crippen molar-refractivity contribution >= 4 is 0 Å². The molecule has 0 heterocycles. The van der Waals surface area contributed by atoms with Crippen LogP contribution in [-0.2, 0) is 6.61 Å². The first kappa shape index (κ1) is 16.2. The first-order chi connectivity index (χ1) is 11.6. The fourth-order valence-electron chi connectivity index (χ4n) is 2.52. The molecule has 2 nitrogen and oxygen atoms in total. The Morgan fingerprint density at radius 2 is 1.67 bits per heavy atom. The highest BCUT2D eigenvalue weighted by molar-refractivity contribution is 5.71. The summed E-state index contributed by atoms with van der Waals surface area (Å²) in [6, 6.07) is 21.8. The summed E-state index contributed by atoms with van der Waals surface area (Å²) < 4.78 is 19.2. The highest BCUT2D eigenvalue weighted by Gasteiger charge is 2.11. The second-order valence-corrected chi connectivity index (χ2v) is 5.71. The summed E-state index contributed by atoms with van der Waals surface area (Å²) in [5.74, 6) is 0.398. The lowest BCUT2D eigenvalue weighted by atomic mass is 10.0. The maximum Gasteiger partial charge on any atom is 0.128 e. The fourth-order valence-corrected chi connectivity index (χ4v) is 2.52. The predicted molar refractivity (Wildman–Crippen MR) is 93.2 cm³/mol. The van der Waals surface area contributed by atoms with Crippen molar-refractivity contribution < 1.29 is 14.2 Å². The normalized spacial score (nSPS) is 12.0. The number of rotatable bonds is 5. The Labute approximate surface area is 141 Å². The van der Waals surface area contributed by atoms with E-state index < -0.39 is 6.10 Å². The van der Waals surface area contributed by atoms with Crippen LogP contribution in [0.2, 0.25) is 0 Å². The van der Waals surface area contributed by atoms with Crippen LogP contribution in [0.1, 0.15) is 24.2 Å². The molecule has 0 radical (unpaired) electrons. The Bertz CT molecular complexity index is 796. The van der Waals surface area contributed by atoms with Crippen molar-refractivity contribution in [3.63, 3.8) is 0 Å². The molecule has 1 unspecified atom stereocenters. The molecule has 3 rings (SSSR count). The van der Waals surface area contributed by atoms with Crippen molar-refractivity contribution in [1.82, 2.24) is 0 Å². The molecule has 0 amide bonds. The second-order valence-electron chi connectivity index (χ2n) is 5.71. The Morgan fingerprint density at radius 1 is 0.958 bits per heavy atom. The summed E-state index contributed by atoms with van der Waals surface area (Å²) in [4.78, 5) is 0. The monoisotopic (exact) mass is 322 g/mol. The standard InChI is InChI=1S/C21H19FO2/c1-15(23)18-9-12-20(17-7-10-19(22)11-8-17)21(13-18)24-14-16-5-3-2-4-6-16/h2-13,15,23H,14H2,1H3. The maximum absolute atomic E-state index is 13.2. The van der Waals surface area contributed by atoms with Gasteiger partial charge in [0.1, 0.15) is 18.2 Å². The highest BCUT2D eigenvalue weighted by Crippen LogP contribution is 2.33. The van der Waals surface area contributed by atoms with Gasteiger partial charge in [-0.1, -0.05) is 54.6 Å². The highest BCUT2D eigenvalue weighted by atomic mass is 19.1. The number of aliphatic hydroxyl groups is 1. The van der Waals surface area contributed by atoms with Gasteiger partial charge in [0.15, 0.2) is 0 Å². The van der Waals surface area contributed by atoms with E-state index in [4.69, 9.17) is 4.74 Å². The van der Waals surface area contributed by atoms with Crippen LogP contribution < -0.4 is 4.74 Å². The van der Waals surface area contributed by atoms with Gasteiger partial charge in [-0.05, 0) is 41.8 Å². The van der Waals surface area contributed by atoms with Crippen LogP contribution in [0.15, 0.2) is 72.8 Å². The van der Waals surface area contributed by atoms with Gasteiger partial charge >= 0.3 is 0 Å². The lowest BCUT2D eigenvalue weighted by Gasteiger charge is -2.15. The van der Waals surface area contributed by atoms with Gasteiger partial charge < -0.3 is 9.84 Å². The molecule has 0 aromatic heterocycles. The van der Waals surface area contributed by atoms with Gasteiger partial charge in [-0.25, -0.2) is 4.39 Å². The first-order valence-corrected chi connectivity index (χ1v) is 7.88. The van der Waals surface area contributed by atoms with E-state index >= 15 is 0 Å². The SMILES string of the molecule is CC(O)c1ccc(-c2ccc(F)cc2)c(OCc2ccccc2)c1. The number of aliphatic hydroxyl groups excluding tert-OH is 1. The van der Waals surface area contributed by atoms with Crippen LogP contribution in [0.5, 0.6) is 5.75 Å². The van der Waals surface area contributed by atoms with Crippen LogP contribution in [0, 0.1) is 5.82 Å². The molecular formula is C21H19FO2. The quantitative estimate of drug-likeness (QED) is 0.706. The minimum absolute atomic E-state index is 0.272. The molecule has 3 aromatic carbocycles. The largest absolute Gasteiger partial charge is 0.488 e. The van der Waals surface area contributed by atoms with E-state index in [-0.39, 0.29) is 5.82 Å². The molecule has 0 saturated heterocycles. The van der Waals surface area contributed by atoms with Crippen molar-refractivity contribution in [2.45, 2.75) is 19.6 Å². The van der Waals surface area contributed by atoms with E-state index in [1.54, 1.807) is 19.1 Å². The van der Waals surface area contributed by atoms with Crippen LogP contribution in [0.25, 0.3) is 11.1 Å². The Hall–Kier alpha value is -2.65. The first-order valence-electron chi connectivity index (χ1n) is 7.88. The topological polar surface area (TPSA) is 29.5 Å². The Balaban J connectivity index is 1.94. The molecular weight excluding hydrogens is 303 g/mol. The van der Waals surface area contributed by atoms with E-state index in [1.807, 2.05) is 48.5 Å². The molecule has 0 aliphatic carbocycles. The van der Waals surface area contributed by atoms with Crippen LogP contribution in [0.4, 0.5) is 4.39 Å². The molecule has 1 atom stereocenters. The molecule has 0 bridgehead atoms. The van der Waals surface area contributed by atoms with Gasteiger partial charge in [-0.15, -0.1) is 0 Å². The van der Waals surface area contributed by atoms with Crippen molar-refractivity contribution in [2.24, 2.45) is 0 Å². The lowest BCUT2D eigenvalue weighted by Crippen LogP contribution is -1.99. The van der Waals surface area contributed by atoms with Gasteiger partial charge in [0.05, 0.1) is 6.10 Å². The van der Waals surface area contributed by atoms with Gasteiger partial charge in [-0.2, -0.15) is 0 Å². The summed E-state index contributed by atoms with van der Waals surface area (Å²) in [6.45, 7) is 2.15. The lowest BCUT2D eigenvalue weighted by molar-refractivity contribution is 0.198. The van der Waals surface area contributed by atoms with E-state index in [1.165, 1.54) is 12.1 Å². The summed E-state index contributed by atoms with van der Waals surface area (Å²) in [5.41, 5.74) is 3.58. The average molecular weight is 322 g/mol.